The molecule has 1 aromatic carbocycles. The molecule has 126 valence electrons. The highest BCUT2D eigenvalue weighted by molar-refractivity contribution is 7.89. The molecule has 6 nitrogen and oxygen atoms in total. The smallest absolute Gasteiger partial charge is 0.244 e. The number of ether oxygens (including phenoxy) is 1. The number of H-pyrrole nitrogens is 1. The normalized spacial score (nSPS) is 13.0. The van der Waals surface area contributed by atoms with Crippen molar-refractivity contribution in [1.29, 1.82) is 0 Å². The third kappa shape index (κ3) is 3.92. The summed E-state index contributed by atoms with van der Waals surface area (Å²) in [5.74, 6) is 0.774. The maximum absolute atomic E-state index is 12.7. The van der Waals surface area contributed by atoms with Gasteiger partial charge in [-0.2, -0.15) is 5.10 Å². The van der Waals surface area contributed by atoms with Crippen LogP contribution in [0.4, 0.5) is 0 Å². The summed E-state index contributed by atoms with van der Waals surface area (Å²) in [6.45, 7) is 7.84. The van der Waals surface area contributed by atoms with Crippen LogP contribution in [0.2, 0.25) is 0 Å². The Morgan fingerprint density at radius 1 is 1.22 bits per heavy atom. The molecule has 0 unspecified atom stereocenters. The van der Waals surface area contributed by atoms with Crippen LogP contribution >= 0.6 is 0 Å². The van der Waals surface area contributed by atoms with E-state index in [0.717, 1.165) is 11.3 Å². The van der Waals surface area contributed by atoms with Crippen LogP contribution in [0.3, 0.4) is 0 Å². The third-order valence-electron chi connectivity index (χ3n) is 3.63. The van der Waals surface area contributed by atoms with Crippen LogP contribution < -0.4 is 9.46 Å². The number of nitrogens with zero attached hydrogens (tertiary/aromatic N) is 1. The Morgan fingerprint density at radius 2 is 1.87 bits per heavy atom. The van der Waals surface area contributed by atoms with E-state index in [9.17, 15) is 8.42 Å². The minimum Gasteiger partial charge on any atom is -0.494 e. The Labute approximate surface area is 137 Å². The van der Waals surface area contributed by atoms with E-state index in [2.05, 4.69) is 14.9 Å². The van der Waals surface area contributed by atoms with Gasteiger partial charge in [0.05, 0.1) is 18.0 Å². The summed E-state index contributed by atoms with van der Waals surface area (Å²) >= 11 is 0. The van der Waals surface area contributed by atoms with E-state index < -0.39 is 10.0 Å². The molecule has 0 saturated heterocycles. The lowest BCUT2D eigenvalue weighted by atomic mass is 10.1. The average Bonchev–Trinajstić information content (AvgIpc) is 2.86. The van der Waals surface area contributed by atoms with E-state index in [0.29, 0.717) is 24.4 Å². The average molecular weight is 337 g/mol. The molecule has 2 aromatic rings. The molecule has 0 spiro atoms. The largest absolute Gasteiger partial charge is 0.494 e. The molecule has 1 heterocycles. The molecule has 0 aliphatic rings. The van der Waals surface area contributed by atoms with Crippen molar-refractivity contribution in [3.05, 3.63) is 41.2 Å². The first-order chi connectivity index (χ1) is 10.9. The van der Waals surface area contributed by atoms with E-state index in [1.807, 2.05) is 38.1 Å². The predicted molar refractivity (Wildman–Crippen MR) is 89.0 cm³/mol. The third-order valence-corrected chi connectivity index (χ3v) is 5.36. The summed E-state index contributed by atoms with van der Waals surface area (Å²) in [6.07, 6.45) is 0.642. The summed E-state index contributed by atoms with van der Waals surface area (Å²) in [4.78, 5) is 0.224. The minimum atomic E-state index is -3.63. The Balaban J connectivity index is 2.25. The zero-order chi connectivity index (χ0) is 17.0. The molecule has 0 aliphatic carbocycles. The van der Waals surface area contributed by atoms with Crippen LogP contribution in [-0.2, 0) is 10.0 Å². The number of sulfonamides is 1. The number of hydrogen-bond acceptors (Lipinski definition) is 4. The second kappa shape index (κ2) is 7.14. The van der Waals surface area contributed by atoms with E-state index in [-0.39, 0.29) is 10.9 Å². The Kier molecular flexibility index (Phi) is 5.43. The molecule has 2 N–H and O–H groups in total. The van der Waals surface area contributed by atoms with Gasteiger partial charge in [-0.3, -0.25) is 5.10 Å². The maximum atomic E-state index is 12.7. The number of rotatable bonds is 7. The highest BCUT2D eigenvalue weighted by Crippen LogP contribution is 2.24. The minimum absolute atomic E-state index is 0.224. The maximum Gasteiger partial charge on any atom is 0.244 e. The van der Waals surface area contributed by atoms with Gasteiger partial charge in [0.25, 0.3) is 0 Å². The Bertz CT molecular complexity index is 732. The zero-order valence-electron chi connectivity index (χ0n) is 13.9. The molecule has 23 heavy (non-hydrogen) atoms. The van der Waals surface area contributed by atoms with Gasteiger partial charge in [0, 0.05) is 6.04 Å². The Morgan fingerprint density at radius 3 is 2.35 bits per heavy atom. The SMILES string of the molecule is CCOc1ccc([C@@H](CC)NS(=O)(=O)c2c(C)n[nH]c2C)cc1. The fraction of sp³-hybridized carbons (Fsp3) is 0.438. The van der Waals surface area contributed by atoms with Gasteiger partial charge in [-0.1, -0.05) is 19.1 Å². The predicted octanol–water partition coefficient (Wildman–Crippen LogP) is 2.85. The highest BCUT2D eigenvalue weighted by atomic mass is 32.2. The van der Waals surface area contributed by atoms with Gasteiger partial charge in [-0.25, -0.2) is 13.1 Å². The van der Waals surface area contributed by atoms with Gasteiger partial charge >= 0.3 is 0 Å². The van der Waals surface area contributed by atoms with Gasteiger partial charge in [-0.15, -0.1) is 0 Å². The first kappa shape index (κ1) is 17.5. The second-order valence-electron chi connectivity index (χ2n) is 5.35. The lowest BCUT2D eigenvalue weighted by Crippen LogP contribution is -2.29. The van der Waals surface area contributed by atoms with Crippen LogP contribution in [0.15, 0.2) is 29.2 Å². The van der Waals surface area contributed by atoms with Crippen LogP contribution in [0.1, 0.15) is 43.3 Å². The van der Waals surface area contributed by atoms with Gasteiger partial charge in [0.15, 0.2) is 0 Å². The highest BCUT2D eigenvalue weighted by Gasteiger charge is 2.25. The van der Waals surface area contributed by atoms with Crippen molar-refractivity contribution in [1.82, 2.24) is 14.9 Å². The van der Waals surface area contributed by atoms with Crippen molar-refractivity contribution in [3.8, 4) is 5.75 Å². The molecule has 0 radical (unpaired) electrons. The summed E-state index contributed by atoms with van der Waals surface area (Å²) in [5, 5.41) is 6.67. The lowest BCUT2D eigenvalue weighted by Gasteiger charge is -2.18. The number of hydrogen-bond donors (Lipinski definition) is 2. The van der Waals surface area contributed by atoms with Crippen LogP contribution in [0.5, 0.6) is 5.75 Å². The Hall–Kier alpha value is -1.86. The first-order valence-corrected chi connectivity index (χ1v) is 9.14. The van der Waals surface area contributed by atoms with Gasteiger partial charge in [0.1, 0.15) is 10.6 Å². The molecule has 0 fully saturated rings. The molecule has 2 rings (SSSR count). The van der Waals surface area contributed by atoms with Gasteiger partial charge in [0.2, 0.25) is 10.0 Å². The molecule has 0 saturated carbocycles. The summed E-state index contributed by atoms with van der Waals surface area (Å²) in [7, 11) is -3.63. The molecule has 1 atom stereocenters. The van der Waals surface area contributed by atoms with E-state index >= 15 is 0 Å². The molecule has 0 aliphatic heterocycles. The number of nitrogens with one attached hydrogen (secondary N) is 2. The number of aryl methyl sites for hydroxylation is 2. The molecule has 1 aromatic heterocycles. The molecular weight excluding hydrogens is 314 g/mol. The van der Waals surface area contributed by atoms with Crippen molar-refractivity contribution in [2.75, 3.05) is 6.61 Å². The lowest BCUT2D eigenvalue weighted by molar-refractivity contribution is 0.340. The van der Waals surface area contributed by atoms with Crippen molar-refractivity contribution >= 4 is 10.0 Å². The number of aromatic amines is 1. The van der Waals surface area contributed by atoms with Crippen LogP contribution in [0.25, 0.3) is 0 Å². The van der Waals surface area contributed by atoms with Crippen LogP contribution in [-0.4, -0.2) is 25.2 Å². The quantitative estimate of drug-likeness (QED) is 0.814. The monoisotopic (exact) mass is 337 g/mol. The second-order valence-corrected chi connectivity index (χ2v) is 7.00. The van der Waals surface area contributed by atoms with E-state index in [1.54, 1.807) is 13.8 Å². The zero-order valence-corrected chi connectivity index (χ0v) is 14.7. The van der Waals surface area contributed by atoms with E-state index in [1.165, 1.54) is 0 Å². The van der Waals surface area contributed by atoms with Gasteiger partial charge < -0.3 is 4.74 Å². The summed E-state index contributed by atoms with van der Waals surface area (Å²) < 4.78 is 33.5. The van der Waals surface area contributed by atoms with Gasteiger partial charge in [-0.05, 0) is 44.9 Å². The summed E-state index contributed by atoms with van der Waals surface area (Å²) in [5.41, 5.74) is 1.91. The topological polar surface area (TPSA) is 84.1 Å². The molecule has 0 amide bonds. The van der Waals surface area contributed by atoms with Crippen LogP contribution in [0, 0.1) is 13.8 Å². The van der Waals surface area contributed by atoms with Crippen molar-refractivity contribution in [3.63, 3.8) is 0 Å². The molecular formula is C16H23N3O3S. The van der Waals surface area contributed by atoms with Crippen molar-refractivity contribution in [2.24, 2.45) is 0 Å². The fourth-order valence-corrected chi connectivity index (χ4v) is 4.21. The number of aromatic nitrogens is 2. The summed E-state index contributed by atoms with van der Waals surface area (Å²) in [6, 6.07) is 7.17. The van der Waals surface area contributed by atoms with E-state index in [4.69, 9.17) is 4.74 Å². The standard InChI is InChI=1S/C16H23N3O3S/c1-5-15(13-7-9-14(10-8-13)22-6-2)19-23(20,21)16-11(3)17-18-12(16)4/h7-10,15,19H,5-6H2,1-4H3,(H,17,18)/t15-/m1/s1. The van der Waals surface area contributed by atoms with Crippen molar-refractivity contribution < 1.29 is 13.2 Å². The fourth-order valence-electron chi connectivity index (χ4n) is 2.53. The number of benzene rings is 1. The first-order valence-electron chi connectivity index (χ1n) is 7.65. The molecule has 7 heteroatoms. The molecule has 0 bridgehead atoms. The van der Waals surface area contributed by atoms with Crippen molar-refractivity contribution in [2.45, 2.75) is 45.1 Å².